The number of hydrogen-bond acceptors (Lipinski definition) is 2. The third-order valence-electron chi connectivity index (χ3n) is 4.47. The number of nitrogens with two attached hydrogens (primary N) is 1. The highest BCUT2D eigenvalue weighted by molar-refractivity contribution is 5.82. The third kappa shape index (κ3) is 2.22. The zero-order valence-corrected chi connectivity index (χ0v) is 11.9. The van der Waals surface area contributed by atoms with Gasteiger partial charge in [0.05, 0.1) is 5.52 Å². The zero-order valence-electron chi connectivity index (χ0n) is 11.9. The molecule has 0 fully saturated rings. The van der Waals surface area contributed by atoms with Crippen LogP contribution in [0.1, 0.15) is 34.7 Å². The summed E-state index contributed by atoms with van der Waals surface area (Å²) >= 11 is 0. The van der Waals surface area contributed by atoms with Crippen molar-refractivity contribution in [2.45, 2.75) is 25.3 Å². The van der Waals surface area contributed by atoms with Crippen molar-refractivity contribution in [1.29, 1.82) is 0 Å². The second-order valence-electron chi connectivity index (χ2n) is 5.84. The number of nitrogens with zero attached hydrogens (tertiary/aromatic N) is 1. The van der Waals surface area contributed by atoms with Crippen molar-refractivity contribution < 1.29 is 0 Å². The van der Waals surface area contributed by atoms with Gasteiger partial charge >= 0.3 is 0 Å². The number of aromatic nitrogens is 1. The van der Waals surface area contributed by atoms with E-state index in [1.165, 1.54) is 27.6 Å². The van der Waals surface area contributed by atoms with Crippen LogP contribution in [0.15, 0.2) is 54.7 Å². The molecule has 1 aliphatic rings. The van der Waals surface area contributed by atoms with Gasteiger partial charge in [-0.15, -0.1) is 0 Å². The van der Waals surface area contributed by atoms with E-state index in [0.717, 1.165) is 24.8 Å². The fraction of sp³-hybridized carbons (Fsp3) is 0.211. The standard InChI is InChI=1S/C19H18N2/c20-18-8-6-14-11-13(5-7-16(14)18)12-15-9-10-21-19-4-2-1-3-17(15)19/h1-5,7,9-11,18H,6,8,12,20H2. The van der Waals surface area contributed by atoms with Gasteiger partial charge in [-0.05, 0) is 53.6 Å². The van der Waals surface area contributed by atoms with Gasteiger partial charge in [-0.25, -0.2) is 0 Å². The molecule has 0 spiro atoms. The molecule has 1 atom stereocenters. The summed E-state index contributed by atoms with van der Waals surface area (Å²) in [6.45, 7) is 0. The first-order chi connectivity index (χ1) is 10.3. The molecule has 0 bridgehead atoms. The minimum atomic E-state index is 0.232. The molecule has 104 valence electrons. The summed E-state index contributed by atoms with van der Waals surface area (Å²) in [5.74, 6) is 0. The monoisotopic (exact) mass is 274 g/mol. The molecular weight excluding hydrogens is 256 g/mol. The summed E-state index contributed by atoms with van der Waals surface area (Å²) < 4.78 is 0. The first kappa shape index (κ1) is 12.5. The minimum Gasteiger partial charge on any atom is -0.324 e. The van der Waals surface area contributed by atoms with E-state index in [2.05, 4.69) is 47.4 Å². The summed E-state index contributed by atoms with van der Waals surface area (Å²) in [6, 6.07) is 17.5. The van der Waals surface area contributed by atoms with Gasteiger partial charge in [-0.3, -0.25) is 4.98 Å². The van der Waals surface area contributed by atoms with Gasteiger partial charge in [0.2, 0.25) is 0 Å². The molecular formula is C19H18N2. The summed E-state index contributed by atoms with van der Waals surface area (Å²) in [4.78, 5) is 4.43. The lowest BCUT2D eigenvalue weighted by Gasteiger charge is -2.09. The van der Waals surface area contributed by atoms with Gasteiger partial charge in [0, 0.05) is 17.6 Å². The average Bonchev–Trinajstić information content (AvgIpc) is 2.89. The van der Waals surface area contributed by atoms with Crippen molar-refractivity contribution in [2.24, 2.45) is 5.73 Å². The molecule has 4 rings (SSSR count). The van der Waals surface area contributed by atoms with Crippen molar-refractivity contribution in [3.8, 4) is 0 Å². The Balaban J connectivity index is 1.72. The zero-order chi connectivity index (χ0) is 14.2. The van der Waals surface area contributed by atoms with Crippen LogP contribution in [0.5, 0.6) is 0 Å². The quantitative estimate of drug-likeness (QED) is 0.772. The molecule has 0 amide bonds. The van der Waals surface area contributed by atoms with Crippen LogP contribution in [0.25, 0.3) is 10.9 Å². The number of hydrogen-bond donors (Lipinski definition) is 1. The van der Waals surface area contributed by atoms with Crippen molar-refractivity contribution in [3.05, 3.63) is 77.0 Å². The first-order valence-electron chi connectivity index (χ1n) is 7.51. The highest BCUT2D eigenvalue weighted by Crippen LogP contribution is 2.30. The van der Waals surface area contributed by atoms with Crippen molar-refractivity contribution in [1.82, 2.24) is 4.98 Å². The molecule has 2 nitrogen and oxygen atoms in total. The lowest BCUT2D eigenvalue weighted by molar-refractivity contribution is 0.713. The van der Waals surface area contributed by atoms with Crippen LogP contribution in [0.4, 0.5) is 0 Å². The summed E-state index contributed by atoms with van der Waals surface area (Å²) in [7, 11) is 0. The Hall–Kier alpha value is -2.19. The molecule has 1 heterocycles. The van der Waals surface area contributed by atoms with Gasteiger partial charge in [-0.1, -0.05) is 36.4 Å². The highest BCUT2D eigenvalue weighted by atomic mass is 14.6. The van der Waals surface area contributed by atoms with E-state index >= 15 is 0 Å². The van der Waals surface area contributed by atoms with Crippen molar-refractivity contribution in [2.75, 3.05) is 0 Å². The normalized spacial score (nSPS) is 17.1. The number of rotatable bonds is 2. The number of fused-ring (bicyclic) bond motifs is 2. The van der Waals surface area contributed by atoms with Crippen LogP contribution in [0, 0.1) is 0 Å². The molecule has 0 radical (unpaired) electrons. The van der Waals surface area contributed by atoms with E-state index in [-0.39, 0.29) is 6.04 Å². The molecule has 0 aliphatic heterocycles. The maximum atomic E-state index is 6.12. The van der Waals surface area contributed by atoms with Gasteiger partial charge in [0.1, 0.15) is 0 Å². The average molecular weight is 274 g/mol. The Morgan fingerprint density at radius 1 is 1.10 bits per heavy atom. The Labute approximate surface area is 124 Å². The Kier molecular flexibility index (Phi) is 2.97. The number of para-hydroxylation sites is 1. The van der Waals surface area contributed by atoms with E-state index in [1.807, 2.05) is 12.3 Å². The Morgan fingerprint density at radius 3 is 2.95 bits per heavy atom. The van der Waals surface area contributed by atoms with Crippen LogP contribution in [0.2, 0.25) is 0 Å². The maximum Gasteiger partial charge on any atom is 0.0704 e. The first-order valence-corrected chi connectivity index (χ1v) is 7.51. The van der Waals surface area contributed by atoms with Crippen LogP contribution in [-0.4, -0.2) is 4.98 Å². The van der Waals surface area contributed by atoms with Gasteiger partial charge < -0.3 is 5.73 Å². The topological polar surface area (TPSA) is 38.9 Å². The molecule has 1 unspecified atom stereocenters. The van der Waals surface area contributed by atoms with Gasteiger partial charge in [0.15, 0.2) is 0 Å². The molecule has 2 N–H and O–H groups in total. The molecule has 2 aromatic carbocycles. The molecule has 21 heavy (non-hydrogen) atoms. The van der Waals surface area contributed by atoms with E-state index in [9.17, 15) is 0 Å². The van der Waals surface area contributed by atoms with Gasteiger partial charge in [-0.2, -0.15) is 0 Å². The van der Waals surface area contributed by atoms with Crippen LogP contribution < -0.4 is 5.73 Å². The largest absolute Gasteiger partial charge is 0.324 e. The molecule has 1 aliphatic carbocycles. The number of benzene rings is 2. The van der Waals surface area contributed by atoms with Crippen molar-refractivity contribution in [3.63, 3.8) is 0 Å². The fourth-order valence-corrected chi connectivity index (χ4v) is 3.34. The summed E-state index contributed by atoms with van der Waals surface area (Å²) in [6.07, 6.45) is 5.05. The predicted octanol–water partition coefficient (Wildman–Crippen LogP) is 3.77. The second kappa shape index (κ2) is 4.97. The SMILES string of the molecule is NC1CCc2cc(Cc3ccnc4ccccc34)ccc21. The fourth-order valence-electron chi connectivity index (χ4n) is 3.34. The second-order valence-corrected chi connectivity index (χ2v) is 5.84. The third-order valence-corrected chi connectivity index (χ3v) is 4.47. The van der Waals surface area contributed by atoms with Gasteiger partial charge in [0.25, 0.3) is 0 Å². The molecule has 2 heteroatoms. The molecule has 0 saturated heterocycles. The lowest BCUT2D eigenvalue weighted by Crippen LogP contribution is -2.05. The maximum absolute atomic E-state index is 6.12. The van der Waals surface area contributed by atoms with E-state index in [4.69, 9.17) is 5.73 Å². The van der Waals surface area contributed by atoms with E-state index in [0.29, 0.717) is 0 Å². The number of pyridine rings is 1. The number of aryl methyl sites for hydroxylation is 1. The Morgan fingerprint density at radius 2 is 2.00 bits per heavy atom. The Bertz CT molecular complexity index is 802. The summed E-state index contributed by atoms with van der Waals surface area (Å²) in [5.41, 5.74) is 12.6. The smallest absolute Gasteiger partial charge is 0.0704 e. The molecule has 3 aromatic rings. The molecule has 1 aromatic heterocycles. The van der Waals surface area contributed by atoms with E-state index in [1.54, 1.807) is 0 Å². The van der Waals surface area contributed by atoms with E-state index < -0.39 is 0 Å². The van der Waals surface area contributed by atoms with Crippen LogP contribution in [-0.2, 0) is 12.8 Å². The van der Waals surface area contributed by atoms with Crippen molar-refractivity contribution >= 4 is 10.9 Å². The van der Waals surface area contributed by atoms with Crippen LogP contribution in [0.3, 0.4) is 0 Å². The predicted molar refractivity (Wildman–Crippen MR) is 86.2 cm³/mol. The lowest BCUT2D eigenvalue weighted by atomic mass is 9.98. The molecule has 0 saturated carbocycles. The summed E-state index contributed by atoms with van der Waals surface area (Å²) in [5, 5.41) is 1.25. The highest BCUT2D eigenvalue weighted by Gasteiger charge is 2.18. The minimum absolute atomic E-state index is 0.232. The van der Waals surface area contributed by atoms with Crippen LogP contribution >= 0.6 is 0 Å².